The fraction of sp³-hybridized carbons (Fsp3) is 0. The van der Waals surface area contributed by atoms with Gasteiger partial charge in [-0.3, -0.25) is 9.20 Å². The molecule has 0 fully saturated rings. The van der Waals surface area contributed by atoms with E-state index in [4.69, 9.17) is 28.2 Å². The first-order valence-corrected chi connectivity index (χ1v) is 8.43. The highest BCUT2D eigenvalue weighted by atomic mass is 35.5. The Bertz CT molecular complexity index is 1070. The summed E-state index contributed by atoms with van der Waals surface area (Å²) >= 11 is 11.8. The average molecular weight is 367 g/mol. The van der Waals surface area contributed by atoms with Gasteiger partial charge in [0.1, 0.15) is 5.65 Å². The number of aromatic nitrogens is 2. The predicted molar refractivity (Wildman–Crippen MR) is 101 cm³/mol. The molecule has 0 unspecified atom stereocenters. The number of nitrogens with zero attached hydrogens (tertiary/aromatic N) is 2. The van der Waals surface area contributed by atoms with Crippen molar-refractivity contribution in [2.45, 2.75) is 0 Å². The lowest BCUT2D eigenvalue weighted by Crippen LogP contribution is -1.96. The highest BCUT2D eigenvalue weighted by Crippen LogP contribution is 2.34. The van der Waals surface area contributed by atoms with Gasteiger partial charge < -0.3 is 0 Å². The van der Waals surface area contributed by atoms with E-state index in [1.807, 2.05) is 65.2 Å². The van der Waals surface area contributed by atoms with Gasteiger partial charge in [-0.2, -0.15) is 0 Å². The molecule has 0 saturated heterocycles. The molecule has 2 heterocycles. The monoisotopic (exact) mass is 366 g/mol. The zero-order chi connectivity index (χ0) is 17.4. The van der Waals surface area contributed by atoms with Crippen LogP contribution in [0.1, 0.15) is 10.4 Å². The van der Waals surface area contributed by atoms with Gasteiger partial charge in [0, 0.05) is 22.3 Å². The van der Waals surface area contributed by atoms with Crippen LogP contribution in [0, 0.1) is 0 Å². The van der Waals surface area contributed by atoms with Crippen molar-refractivity contribution < 1.29 is 4.79 Å². The summed E-state index contributed by atoms with van der Waals surface area (Å²) in [6.07, 6.45) is 1.88. The number of carbonyl (C=O) groups is 1. The van der Waals surface area contributed by atoms with E-state index in [9.17, 15) is 4.79 Å². The Morgan fingerprint density at radius 3 is 2.28 bits per heavy atom. The van der Waals surface area contributed by atoms with Crippen LogP contribution in [0.5, 0.6) is 0 Å². The van der Waals surface area contributed by atoms with Crippen molar-refractivity contribution in [1.29, 1.82) is 0 Å². The van der Waals surface area contributed by atoms with Crippen LogP contribution in [0.15, 0.2) is 72.9 Å². The van der Waals surface area contributed by atoms with Crippen LogP contribution >= 0.6 is 23.2 Å². The number of fused-ring (bicyclic) bond motifs is 1. The van der Waals surface area contributed by atoms with Crippen LogP contribution in [0.3, 0.4) is 0 Å². The van der Waals surface area contributed by atoms with Crippen molar-refractivity contribution in [1.82, 2.24) is 9.38 Å². The van der Waals surface area contributed by atoms with Crippen LogP contribution in [-0.4, -0.2) is 14.6 Å². The summed E-state index contributed by atoms with van der Waals surface area (Å²) in [5, 5.41) is 0.128. The number of hydrogen-bond donors (Lipinski definition) is 0. The van der Waals surface area contributed by atoms with Crippen molar-refractivity contribution in [3.05, 3.63) is 83.5 Å². The van der Waals surface area contributed by atoms with Crippen LogP contribution in [0.2, 0.25) is 5.02 Å². The summed E-state index contributed by atoms with van der Waals surface area (Å²) in [4.78, 5) is 16.5. The van der Waals surface area contributed by atoms with Gasteiger partial charge in [-0.1, -0.05) is 54.1 Å². The van der Waals surface area contributed by atoms with Crippen molar-refractivity contribution in [2.24, 2.45) is 0 Å². The van der Waals surface area contributed by atoms with Gasteiger partial charge in [-0.15, -0.1) is 0 Å². The summed E-state index contributed by atoms with van der Waals surface area (Å²) in [5.74, 6) is 0. The molecule has 0 bridgehead atoms. The molecule has 0 amide bonds. The first-order chi connectivity index (χ1) is 12.1. The van der Waals surface area contributed by atoms with Gasteiger partial charge in [0.25, 0.3) is 5.24 Å². The number of pyridine rings is 1. The molecular formula is C20H12Cl2N2O. The van der Waals surface area contributed by atoms with Crippen LogP contribution < -0.4 is 0 Å². The van der Waals surface area contributed by atoms with Gasteiger partial charge in [0.05, 0.1) is 17.0 Å². The molecule has 0 spiro atoms. The second-order valence-corrected chi connectivity index (χ2v) is 6.35. The Balaban J connectivity index is 2.09. The molecule has 0 saturated carbocycles. The summed E-state index contributed by atoms with van der Waals surface area (Å²) in [5.41, 5.74) is 4.50. The van der Waals surface area contributed by atoms with Gasteiger partial charge in [-0.25, -0.2) is 4.98 Å². The lowest BCUT2D eigenvalue weighted by Gasteiger charge is -2.06. The summed E-state index contributed by atoms with van der Waals surface area (Å²) in [7, 11) is 0. The second-order valence-electron chi connectivity index (χ2n) is 5.57. The molecule has 0 aliphatic heterocycles. The maximum absolute atomic E-state index is 11.8. The number of benzene rings is 2. The zero-order valence-electron chi connectivity index (χ0n) is 13.0. The number of imidazole rings is 1. The highest BCUT2D eigenvalue weighted by Gasteiger charge is 2.19. The Kier molecular flexibility index (Phi) is 4.04. The normalized spacial score (nSPS) is 11.0. The fourth-order valence-electron chi connectivity index (χ4n) is 2.90. The van der Waals surface area contributed by atoms with E-state index >= 15 is 0 Å². The molecule has 0 aliphatic carbocycles. The van der Waals surface area contributed by atoms with Crippen molar-refractivity contribution in [3.8, 4) is 22.5 Å². The molecule has 3 nitrogen and oxygen atoms in total. The Morgan fingerprint density at radius 1 is 0.880 bits per heavy atom. The van der Waals surface area contributed by atoms with E-state index in [1.54, 1.807) is 12.1 Å². The first kappa shape index (κ1) is 15.9. The maximum atomic E-state index is 11.8. The molecule has 122 valence electrons. The van der Waals surface area contributed by atoms with Crippen molar-refractivity contribution in [2.75, 3.05) is 0 Å². The average Bonchev–Trinajstić information content (AvgIpc) is 3.02. The number of carbonyl (C=O) groups excluding carboxylic acids is 1. The van der Waals surface area contributed by atoms with E-state index in [-0.39, 0.29) is 0 Å². The molecule has 25 heavy (non-hydrogen) atoms. The largest absolute Gasteiger partial charge is 0.298 e. The summed E-state index contributed by atoms with van der Waals surface area (Å²) < 4.78 is 1.90. The lowest BCUT2D eigenvalue weighted by atomic mass is 10.1. The van der Waals surface area contributed by atoms with E-state index in [1.165, 1.54) is 0 Å². The summed E-state index contributed by atoms with van der Waals surface area (Å²) in [6, 6.07) is 20.9. The highest BCUT2D eigenvalue weighted by molar-refractivity contribution is 6.68. The minimum atomic E-state index is -0.530. The first-order valence-electron chi connectivity index (χ1n) is 7.67. The second kappa shape index (κ2) is 6.36. The molecule has 0 atom stereocenters. The molecule has 4 aromatic rings. The van der Waals surface area contributed by atoms with E-state index in [2.05, 4.69) is 0 Å². The van der Waals surface area contributed by atoms with Gasteiger partial charge in [0.2, 0.25) is 0 Å². The Labute approximate surface area is 154 Å². The third kappa shape index (κ3) is 2.82. The smallest absolute Gasteiger partial charge is 0.256 e. The lowest BCUT2D eigenvalue weighted by molar-refractivity contribution is 0.108. The minimum absolute atomic E-state index is 0.376. The van der Waals surface area contributed by atoms with Gasteiger partial charge in [-0.05, 0) is 35.9 Å². The van der Waals surface area contributed by atoms with Crippen molar-refractivity contribution >= 4 is 34.1 Å². The maximum Gasteiger partial charge on any atom is 0.256 e. The molecule has 4 rings (SSSR count). The van der Waals surface area contributed by atoms with Gasteiger partial charge in [0.15, 0.2) is 0 Å². The SMILES string of the molecule is O=C(Cl)c1cccn2c(-c3ccccc3)c(-c3ccc(Cl)cc3)nc12. The van der Waals surface area contributed by atoms with Crippen LogP contribution in [0.25, 0.3) is 28.2 Å². The van der Waals surface area contributed by atoms with Crippen LogP contribution in [0.4, 0.5) is 0 Å². The molecule has 2 aromatic heterocycles. The molecule has 0 radical (unpaired) electrons. The van der Waals surface area contributed by atoms with E-state index < -0.39 is 5.24 Å². The summed E-state index contributed by atoms with van der Waals surface area (Å²) in [6.45, 7) is 0. The molecule has 0 aliphatic rings. The third-order valence-corrected chi connectivity index (χ3v) is 4.48. The number of halogens is 2. The predicted octanol–water partition coefficient (Wildman–Crippen LogP) is 5.70. The van der Waals surface area contributed by atoms with E-state index in [0.717, 1.165) is 22.5 Å². The molecule has 2 aromatic carbocycles. The molecular weight excluding hydrogens is 355 g/mol. The Morgan fingerprint density at radius 2 is 1.60 bits per heavy atom. The van der Waals surface area contributed by atoms with Gasteiger partial charge >= 0.3 is 0 Å². The zero-order valence-corrected chi connectivity index (χ0v) is 14.5. The third-order valence-electron chi connectivity index (χ3n) is 4.03. The number of hydrogen-bond acceptors (Lipinski definition) is 2. The van der Waals surface area contributed by atoms with Crippen LogP contribution in [-0.2, 0) is 0 Å². The topological polar surface area (TPSA) is 34.4 Å². The quantitative estimate of drug-likeness (QED) is 0.435. The fourth-order valence-corrected chi connectivity index (χ4v) is 3.18. The molecule has 0 N–H and O–H groups in total. The standard InChI is InChI=1S/C20H12Cl2N2O/c21-15-10-8-13(9-11-15)17-18(14-5-2-1-3-6-14)24-12-4-7-16(19(22)25)20(24)23-17/h1-12H. The molecule has 5 heteroatoms. The Hall–Kier alpha value is -2.62. The van der Waals surface area contributed by atoms with Crippen molar-refractivity contribution in [3.63, 3.8) is 0 Å². The number of rotatable bonds is 3. The minimum Gasteiger partial charge on any atom is -0.298 e. The van der Waals surface area contributed by atoms with E-state index in [0.29, 0.717) is 16.2 Å².